The fraction of sp³-hybridized carbons (Fsp3) is 0.526. The van der Waals surface area contributed by atoms with Crippen LogP contribution in [-0.4, -0.2) is 35.7 Å². The molecule has 0 saturated carbocycles. The normalized spacial score (nSPS) is 19.1. The van der Waals surface area contributed by atoms with E-state index in [-0.39, 0.29) is 5.41 Å². The minimum Gasteiger partial charge on any atom is -0.497 e. The number of imidazole rings is 1. The van der Waals surface area contributed by atoms with Gasteiger partial charge < -0.3 is 18.8 Å². The van der Waals surface area contributed by atoms with Crippen LogP contribution in [0.5, 0.6) is 5.75 Å². The summed E-state index contributed by atoms with van der Waals surface area (Å²) >= 11 is 0. The summed E-state index contributed by atoms with van der Waals surface area (Å²) in [7, 11) is 1.68. The van der Waals surface area contributed by atoms with Gasteiger partial charge in [-0.25, -0.2) is 4.98 Å². The SMILES string of the molecule is COc1ccc(CC2(CCn3ccnc3)OCC(C)(C)CO2)cc1. The topological polar surface area (TPSA) is 45.5 Å². The molecule has 24 heavy (non-hydrogen) atoms. The molecule has 0 unspecified atom stereocenters. The highest BCUT2D eigenvalue weighted by atomic mass is 16.7. The van der Waals surface area contributed by atoms with Crippen LogP contribution < -0.4 is 4.74 Å². The third kappa shape index (κ3) is 4.16. The molecular formula is C19H26N2O3. The second kappa shape index (κ2) is 6.95. The van der Waals surface area contributed by atoms with Crippen molar-refractivity contribution in [3.05, 3.63) is 48.5 Å². The Labute approximate surface area is 143 Å². The van der Waals surface area contributed by atoms with Crippen LogP contribution in [0.2, 0.25) is 0 Å². The third-order valence-electron chi connectivity index (χ3n) is 4.39. The lowest BCUT2D eigenvalue weighted by molar-refractivity contribution is -0.301. The van der Waals surface area contributed by atoms with Gasteiger partial charge in [0, 0.05) is 37.2 Å². The monoisotopic (exact) mass is 330 g/mol. The minimum atomic E-state index is -0.589. The number of nitrogens with zero attached hydrogens (tertiary/aromatic N) is 2. The molecule has 0 radical (unpaired) electrons. The van der Waals surface area contributed by atoms with Gasteiger partial charge in [0.25, 0.3) is 0 Å². The Balaban J connectivity index is 1.73. The van der Waals surface area contributed by atoms with Crippen LogP contribution in [0.3, 0.4) is 0 Å². The highest BCUT2D eigenvalue weighted by Gasteiger charge is 2.40. The number of ether oxygens (including phenoxy) is 3. The van der Waals surface area contributed by atoms with Crippen molar-refractivity contribution in [1.29, 1.82) is 0 Å². The number of methoxy groups -OCH3 is 1. The molecular weight excluding hydrogens is 304 g/mol. The molecule has 2 aromatic rings. The van der Waals surface area contributed by atoms with Gasteiger partial charge in [-0.1, -0.05) is 26.0 Å². The Hall–Kier alpha value is -1.85. The predicted molar refractivity (Wildman–Crippen MR) is 92.0 cm³/mol. The van der Waals surface area contributed by atoms with Crippen LogP contribution in [0.4, 0.5) is 0 Å². The lowest BCUT2D eigenvalue weighted by Crippen LogP contribution is -2.49. The van der Waals surface area contributed by atoms with Crippen LogP contribution in [0.25, 0.3) is 0 Å². The molecule has 1 aliphatic heterocycles. The molecule has 1 aromatic heterocycles. The maximum absolute atomic E-state index is 6.25. The van der Waals surface area contributed by atoms with Crippen LogP contribution in [0.15, 0.2) is 43.0 Å². The molecule has 0 bridgehead atoms. The Morgan fingerprint density at radius 3 is 2.46 bits per heavy atom. The Kier molecular flexibility index (Phi) is 4.92. The molecule has 130 valence electrons. The molecule has 0 atom stereocenters. The fourth-order valence-corrected chi connectivity index (χ4v) is 2.84. The zero-order valence-corrected chi connectivity index (χ0v) is 14.7. The molecule has 3 rings (SSSR count). The van der Waals surface area contributed by atoms with E-state index >= 15 is 0 Å². The zero-order chi connectivity index (χ0) is 17.0. The molecule has 0 aliphatic carbocycles. The van der Waals surface area contributed by atoms with Crippen molar-refractivity contribution in [1.82, 2.24) is 9.55 Å². The van der Waals surface area contributed by atoms with E-state index in [1.54, 1.807) is 13.3 Å². The van der Waals surface area contributed by atoms with Gasteiger partial charge in [0.1, 0.15) is 5.75 Å². The number of rotatable bonds is 6. The second-order valence-corrected chi connectivity index (χ2v) is 7.23. The third-order valence-corrected chi connectivity index (χ3v) is 4.39. The van der Waals surface area contributed by atoms with Crippen molar-refractivity contribution in [2.24, 2.45) is 5.41 Å². The van der Waals surface area contributed by atoms with Crippen LogP contribution in [-0.2, 0) is 22.4 Å². The summed E-state index contributed by atoms with van der Waals surface area (Å²) < 4.78 is 19.8. The van der Waals surface area contributed by atoms with E-state index in [1.807, 2.05) is 24.7 Å². The fourth-order valence-electron chi connectivity index (χ4n) is 2.84. The first-order chi connectivity index (χ1) is 11.5. The molecule has 1 aromatic carbocycles. The molecule has 1 aliphatic rings. The number of aryl methyl sites for hydroxylation is 1. The largest absolute Gasteiger partial charge is 0.497 e. The van der Waals surface area contributed by atoms with Crippen molar-refractivity contribution in [2.75, 3.05) is 20.3 Å². The van der Waals surface area contributed by atoms with Gasteiger partial charge >= 0.3 is 0 Å². The van der Waals surface area contributed by atoms with Gasteiger partial charge in [0.05, 0.1) is 26.7 Å². The zero-order valence-electron chi connectivity index (χ0n) is 14.7. The van der Waals surface area contributed by atoms with E-state index < -0.39 is 5.79 Å². The van der Waals surface area contributed by atoms with E-state index in [2.05, 4.69) is 35.5 Å². The van der Waals surface area contributed by atoms with Crippen molar-refractivity contribution >= 4 is 0 Å². The van der Waals surface area contributed by atoms with Crippen molar-refractivity contribution in [3.63, 3.8) is 0 Å². The highest BCUT2D eigenvalue weighted by Crippen LogP contribution is 2.34. The average Bonchev–Trinajstić information content (AvgIpc) is 3.10. The maximum Gasteiger partial charge on any atom is 0.174 e. The molecule has 5 nitrogen and oxygen atoms in total. The van der Waals surface area contributed by atoms with Gasteiger partial charge in [-0.2, -0.15) is 0 Å². The van der Waals surface area contributed by atoms with Crippen molar-refractivity contribution < 1.29 is 14.2 Å². The van der Waals surface area contributed by atoms with Crippen molar-refractivity contribution in [2.45, 2.75) is 39.0 Å². The Morgan fingerprint density at radius 1 is 1.17 bits per heavy atom. The number of benzene rings is 1. The number of hydrogen-bond donors (Lipinski definition) is 0. The lowest BCUT2D eigenvalue weighted by Gasteiger charge is -2.44. The second-order valence-electron chi connectivity index (χ2n) is 7.23. The summed E-state index contributed by atoms with van der Waals surface area (Å²) in [6, 6.07) is 8.10. The van der Waals surface area contributed by atoms with Crippen molar-refractivity contribution in [3.8, 4) is 5.75 Å². The van der Waals surface area contributed by atoms with Gasteiger partial charge in [0.15, 0.2) is 5.79 Å². The summed E-state index contributed by atoms with van der Waals surface area (Å²) in [6.07, 6.45) is 7.09. The quantitative estimate of drug-likeness (QED) is 0.815. The van der Waals surface area contributed by atoms with E-state index in [1.165, 1.54) is 5.56 Å². The van der Waals surface area contributed by atoms with E-state index in [4.69, 9.17) is 14.2 Å². The van der Waals surface area contributed by atoms with Gasteiger partial charge in [-0.15, -0.1) is 0 Å². The standard InChI is InChI=1S/C19H26N2O3/c1-18(2)13-23-19(24-14-18,8-10-21-11-9-20-15-21)12-16-4-6-17(22-3)7-5-16/h4-7,9,11,15H,8,10,12-14H2,1-3H3. The lowest BCUT2D eigenvalue weighted by atomic mass is 9.92. The molecule has 0 N–H and O–H groups in total. The maximum atomic E-state index is 6.25. The van der Waals surface area contributed by atoms with E-state index in [0.717, 1.165) is 25.1 Å². The van der Waals surface area contributed by atoms with Crippen LogP contribution >= 0.6 is 0 Å². The summed E-state index contributed by atoms with van der Waals surface area (Å²) in [4.78, 5) is 4.10. The number of hydrogen-bond acceptors (Lipinski definition) is 4. The number of aromatic nitrogens is 2. The van der Waals surface area contributed by atoms with Gasteiger partial charge in [0.2, 0.25) is 0 Å². The Morgan fingerprint density at radius 2 is 1.88 bits per heavy atom. The van der Waals surface area contributed by atoms with Gasteiger partial charge in [-0.3, -0.25) is 0 Å². The highest BCUT2D eigenvalue weighted by molar-refractivity contribution is 5.27. The molecule has 1 saturated heterocycles. The van der Waals surface area contributed by atoms with Crippen LogP contribution in [0.1, 0.15) is 25.8 Å². The van der Waals surface area contributed by atoms with Gasteiger partial charge in [-0.05, 0) is 17.7 Å². The average molecular weight is 330 g/mol. The molecule has 0 spiro atoms. The first kappa shape index (κ1) is 17.0. The van der Waals surface area contributed by atoms with E-state index in [9.17, 15) is 0 Å². The van der Waals surface area contributed by atoms with E-state index in [0.29, 0.717) is 13.2 Å². The first-order valence-corrected chi connectivity index (χ1v) is 8.37. The van der Waals surface area contributed by atoms with Crippen LogP contribution in [0, 0.1) is 5.41 Å². The summed E-state index contributed by atoms with van der Waals surface area (Å²) in [6.45, 7) is 6.55. The minimum absolute atomic E-state index is 0.0540. The summed E-state index contributed by atoms with van der Waals surface area (Å²) in [5.41, 5.74) is 1.24. The predicted octanol–water partition coefficient (Wildman–Crippen LogP) is 3.29. The first-order valence-electron chi connectivity index (χ1n) is 8.37. The molecule has 0 amide bonds. The summed E-state index contributed by atoms with van der Waals surface area (Å²) in [5.74, 6) is 0.270. The Bertz CT molecular complexity index is 625. The molecule has 1 fully saturated rings. The summed E-state index contributed by atoms with van der Waals surface area (Å²) in [5, 5.41) is 0. The molecule has 5 heteroatoms. The molecule has 2 heterocycles. The smallest absolute Gasteiger partial charge is 0.174 e.